The minimum absolute atomic E-state index is 0.111. The molecule has 0 fully saturated rings. The number of allylic oxidation sites excluding steroid dienone is 5. The molecular weight excluding hydrogens is 701 g/mol. The molecule has 0 spiro atoms. The Balaban J connectivity index is 1.04. The fourth-order valence-corrected chi connectivity index (χ4v) is 9.15. The van der Waals surface area contributed by atoms with E-state index in [0.717, 1.165) is 17.1 Å². The van der Waals surface area contributed by atoms with Crippen LogP contribution in [-0.2, 0) is 0 Å². The van der Waals surface area contributed by atoms with Crippen molar-refractivity contribution >= 4 is 71.1 Å². The van der Waals surface area contributed by atoms with Gasteiger partial charge in [0.15, 0.2) is 0 Å². The lowest BCUT2D eigenvalue weighted by molar-refractivity contribution is 0.831. The van der Waals surface area contributed by atoms with Crippen molar-refractivity contribution in [3.05, 3.63) is 230 Å². The quantitative estimate of drug-likeness (QED) is 0.154. The molecule has 58 heavy (non-hydrogen) atoms. The predicted molar refractivity (Wildman–Crippen MR) is 248 cm³/mol. The van der Waals surface area contributed by atoms with E-state index in [4.69, 9.17) is 0 Å². The van der Waals surface area contributed by atoms with E-state index in [9.17, 15) is 0 Å². The second-order valence-electron chi connectivity index (χ2n) is 15.4. The summed E-state index contributed by atoms with van der Waals surface area (Å²) in [7, 11) is 0. The Morgan fingerprint density at radius 1 is 0.448 bits per heavy atom. The topological polar surface area (TPSA) is 8.17 Å². The monoisotopic (exact) mass is 740 g/mol. The van der Waals surface area contributed by atoms with Gasteiger partial charge in [-0.15, -0.1) is 0 Å². The van der Waals surface area contributed by atoms with Crippen molar-refractivity contribution in [1.82, 2.24) is 4.57 Å². The first-order valence-corrected chi connectivity index (χ1v) is 20.2. The summed E-state index contributed by atoms with van der Waals surface area (Å²) in [6.45, 7) is 2.32. The Bertz CT molecular complexity index is 3250. The first-order valence-electron chi connectivity index (χ1n) is 20.2. The molecule has 0 unspecified atom stereocenters. The molecule has 1 heterocycles. The third kappa shape index (κ3) is 5.73. The van der Waals surface area contributed by atoms with E-state index in [1.807, 2.05) is 0 Å². The van der Waals surface area contributed by atoms with E-state index in [2.05, 4.69) is 235 Å². The Labute approximate surface area is 338 Å². The second kappa shape index (κ2) is 14.0. The summed E-state index contributed by atoms with van der Waals surface area (Å²) in [4.78, 5) is 2.45. The Hall–Kier alpha value is -7.42. The number of anilines is 2. The maximum Gasteiger partial charge on any atom is 0.0541 e. The highest BCUT2D eigenvalue weighted by molar-refractivity contribution is 6.12. The van der Waals surface area contributed by atoms with Crippen LogP contribution in [0.15, 0.2) is 224 Å². The van der Waals surface area contributed by atoms with Crippen molar-refractivity contribution in [2.45, 2.75) is 6.92 Å². The van der Waals surface area contributed by atoms with Crippen LogP contribution in [0, 0.1) is 5.92 Å². The van der Waals surface area contributed by atoms with Crippen molar-refractivity contribution in [2.24, 2.45) is 5.92 Å². The average Bonchev–Trinajstić information content (AvgIpc) is 3.50. The predicted octanol–water partition coefficient (Wildman–Crippen LogP) is 15.2. The lowest BCUT2D eigenvalue weighted by Crippen LogP contribution is -2.21. The molecule has 2 heteroatoms. The van der Waals surface area contributed by atoms with Gasteiger partial charge in [-0.2, -0.15) is 0 Å². The second-order valence-corrected chi connectivity index (χ2v) is 15.4. The summed E-state index contributed by atoms with van der Waals surface area (Å²) >= 11 is 0. The zero-order chi connectivity index (χ0) is 38.6. The van der Waals surface area contributed by atoms with Gasteiger partial charge in [0.25, 0.3) is 0 Å². The maximum atomic E-state index is 2.45. The molecule has 9 aromatic carbocycles. The molecule has 10 aromatic rings. The molecule has 274 valence electrons. The van der Waals surface area contributed by atoms with Crippen LogP contribution in [0.3, 0.4) is 0 Å². The fraction of sp³-hybridized carbons (Fsp3) is 0.0357. The summed E-state index contributed by atoms with van der Waals surface area (Å²) in [5.74, 6) is 0.111. The van der Waals surface area contributed by atoms with Crippen molar-refractivity contribution in [1.29, 1.82) is 0 Å². The number of para-hydroxylation sites is 2. The summed E-state index contributed by atoms with van der Waals surface area (Å²) < 4.78 is 2.40. The van der Waals surface area contributed by atoms with Gasteiger partial charge in [-0.1, -0.05) is 171 Å². The standard InChI is InChI=1S/C56H40N2/c1-38-35-42(44-28-27-39-13-2-3-15-43(39)36-44)16-10-26-54(38)57(46-17-11-18-47(37-46)58-55-24-8-6-20-52(55)53-21-7-9-25-56(53)58)45-32-29-41(30-33-45)49-22-12-23-50-48-19-5-4-14-40(48)31-34-51(49)50/h2-38H,1H3/t38-/m0/s1. The Morgan fingerprint density at radius 3 is 1.88 bits per heavy atom. The van der Waals surface area contributed by atoms with Crippen LogP contribution >= 0.6 is 0 Å². The van der Waals surface area contributed by atoms with Crippen LogP contribution in [0.25, 0.3) is 76.5 Å². The number of nitrogens with zero attached hydrogens (tertiary/aromatic N) is 2. The van der Waals surface area contributed by atoms with Gasteiger partial charge in [-0.3, -0.25) is 0 Å². The highest BCUT2D eigenvalue weighted by Gasteiger charge is 2.22. The Morgan fingerprint density at radius 2 is 1.09 bits per heavy atom. The minimum Gasteiger partial charge on any atom is -0.314 e. The number of benzene rings is 9. The largest absolute Gasteiger partial charge is 0.314 e. The number of rotatable bonds is 6. The van der Waals surface area contributed by atoms with E-state index in [1.54, 1.807) is 0 Å². The highest BCUT2D eigenvalue weighted by atomic mass is 15.2. The van der Waals surface area contributed by atoms with Gasteiger partial charge in [0.1, 0.15) is 0 Å². The van der Waals surface area contributed by atoms with Crippen LogP contribution in [0.4, 0.5) is 11.4 Å². The van der Waals surface area contributed by atoms with Crippen LogP contribution < -0.4 is 4.90 Å². The molecule has 1 aliphatic rings. The van der Waals surface area contributed by atoms with Gasteiger partial charge in [-0.05, 0) is 109 Å². The van der Waals surface area contributed by atoms with Gasteiger partial charge >= 0.3 is 0 Å². The summed E-state index contributed by atoms with van der Waals surface area (Å²) in [5, 5.41) is 10.1. The SMILES string of the molecule is C[C@H]1C=C(c2ccc3ccccc3c2)C=CC=C1N(c1ccc(-c2cccc3c2ccc2ccccc23)cc1)c1cccc(-n2c3ccccc3c3ccccc32)c1. The van der Waals surface area contributed by atoms with Gasteiger partial charge in [0, 0.05) is 39.4 Å². The third-order valence-corrected chi connectivity index (χ3v) is 11.9. The van der Waals surface area contributed by atoms with Crippen molar-refractivity contribution < 1.29 is 0 Å². The number of hydrogen-bond acceptors (Lipinski definition) is 1. The molecule has 1 atom stereocenters. The van der Waals surface area contributed by atoms with Gasteiger partial charge in [-0.25, -0.2) is 0 Å². The lowest BCUT2D eigenvalue weighted by atomic mass is 9.94. The molecule has 0 bridgehead atoms. The minimum atomic E-state index is 0.111. The van der Waals surface area contributed by atoms with Gasteiger partial charge in [0.05, 0.1) is 11.0 Å². The molecule has 0 saturated carbocycles. The molecule has 0 aliphatic heterocycles. The Kier molecular flexibility index (Phi) is 8.15. The maximum absolute atomic E-state index is 2.45. The van der Waals surface area contributed by atoms with Crippen molar-refractivity contribution in [2.75, 3.05) is 4.90 Å². The van der Waals surface area contributed by atoms with Crippen molar-refractivity contribution in [3.63, 3.8) is 0 Å². The smallest absolute Gasteiger partial charge is 0.0541 e. The third-order valence-electron chi connectivity index (χ3n) is 11.9. The first kappa shape index (κ1) is 33.9. The van der Waals surface area contributed by atoms with E-state index in [0.29, 0.717) is 0 Å². The molecule has 0 radical (unpaired) electrons. The van der Waals surface area contributed by atoms with E-state index >= 15 is 0 Å². The molecule has 1 aliphatic carbocycles. The van der Waals surface area contributed by atoms with Crippen LogP contribution in [-0.4, -0.2) is 4.57 Å². The zero-order valence-electron chi connectivity index (χ0n) is 32.3. The molecule has 11 rings (SSSR count). The summed E-state index contributed by atoms with van der Waals surface area (Å²) in [6.07, 6.45) is 9.19. The number of hydrogen-bond donors (Lipinski definition) is 0. The molecule has 2 nitrogen and oxygen atoms in total. The summed E-state index contributed by atoms with van der Waals surface area (Å²) in [5.41, 5.74) is 11.8. The normalized spacial score (nSPS) is 14.3. The number of aromatic nitrogens is 1. The molecular formula is C56H40N2. The summed E-state index contributed by atoms with van der Waals surface area (Å²) in [6, 6.07) is 70.9. The van der Waals surface area contributed by atoms with Gasteiger partial charge < -0.3 is 9.47 Å². The van der Waals surface area contributed by atoms with Crippen LogP contribution in [0.2, 0.25) is 0 Å². The molecule has 0 saturated heterocycles. The lowest BCUT2D eigenvalue weighted by Gasteiger charge is -2.31. The average molecular weight is 741 g/mol. The first-order chi connectivity index (χ1) is 28.7. The highest BCUT2D eigenvalue weighted by Crippen LogP contribution is 2.41. The van der Waals surface area contributed by atoms with E-state index < -0.39 is 0 Å². The fourth-order valence-electron chi connectivity index (χ4n) is 9.15. The van der Waals surface area contributed by atoms with Crippen molar-refractivity contribution in [3.8, 4) is 16.8 Å². The van der Waals surface area contributed by atoms with E-state index in [-0.39, 0.29) is 5.92 Å². The van der Waals surface area contributed by atoms with Gasteiger partial charge in [0.2, 0.25) is 0 Å². The zero-order valence-corrected chi connectivity index (χ0v) is 32.3. The molecule has 0 amide bonds. The molecule has 1 aromatic heterocycles. The van der Waals surface area contributed by atoms with E-state index in [1.165, 1.54) is 82.1 Å². The molecule has 0 N–H and O–H groups in total. The number of fused-ring (bicyclic) bond motifs is 7. The van der Waals surface area contributed by atoms with Crippen LogP contribution in [0.5, 0.6) is 0 Å². The van der Waals surface area contributed by atoms with Crippen LogP contribution in [0.1, 0.15) is 12.5 Å².